The van der Waals surface area contributed by atoms with Gasteiger partial charge in [-0.3, -0.25) is 4.79 Å². The predicted octanol–water partition coefficient (Wildman–Crippen LogP) is 1.48. The lowest BCUT2D eigenvalue weighted by molar-refractivity contribution is -0.124. The van der Waals surface area contributed by atoms with E-state index < -0.39 is 19.0 Å². The Balaban J connectivity index is 2.05. The average Bonchev–Trinajstić information content (AvgIpc) is 2.60. The lowest BCUT2D eigenvalue weighted by atomic mass is 9.72. The molecular weight excluding hydrogens is 452 g/mol. The Kier molecular flexibility index (Phi) is 7.89. The van der Waals surface area contributed by atoms with Crippen molar-refractivity contribution < 1.29 is 28.8 Å². The fraction of sp³-hybridized carbons (Fsp3) is 0.471. The van der Waals surface area contributed by atoms with Gasteiger partial charge in [0, 0.05) is 17.3 Å². The molecule has 7 nitrogen and oxygen atoms in total. The van der Waals surface area contributed by atoms with Crippen LogP contribution >= 0.6 is 22.6 Å². The number of halogens is 1. The number of benzene rings is 1. The van der Waals surface area contributed by atoms with Crippen molar-refractivity contribution in [1.82, 2.24) is 5.32 Å². The Morgan fingerprint density at radius 3 is 2.85 bits per heavy atom. The van der Waals surface area contributed by atoms with Gasteiger partial charge in [0.1, 0.15) is 17.1 Å². The second kappa shape index (κ2) is 9.91. The third-order valence-corrected chi connectivity index (χ3v) is 4.66. The molecule has 2 N–H and O–H groups in total. The van der Waals surface area contributed by atoms with Crippen LogP contribution in [0.25, 0.3) is 0 Å². The first kappa shape index (κ1) is 20.7. The number of esters is 1. The van der Waals surface area contributed by atoms with Gasteiger partial charge in [-0.25, -0.2) is 4.79 Å². The van der Waals surface area contributed by atoms with Crippen molar-refractivity contribution >= 4 is 47.4 Å². The molecule has 0 saturated carbocycles. The van der Waals surface area contributed by atoms with Crippen molar-refractivity contribution in [2.24, 2.45) is 0 Å². The fourth-order valence-corrected chi connectivity index (χ4v) is 2.89. The van der Waals surface area contributed by atoms with Gasteiger partial charge in [0.15, 0.2) is 0 Å². The topological polar surface area (TPSA) is 102 Å². The van der Waals surface area contributed by atoms with Crippen LogP contribution in [0.4, 0.5) is 0 Å². The summed E-state index contributed by atoms with van der Waals surface area (Å²) in [5.74, 6) is -1.26. The van der Waals surface area contributed by atoms with E-state index in [1.54, 1.807) is 18.2 Å². The van der Waals surface area contributed by atoms with Gasteiger partial charge in [-0.15, -0.1) is 0 Å². The molecule has 1 atom stereocenters. The zero-order chi connectivity index (χ0) is 19.1. The van der Waals surface area contributed by atoms with Crippen molar-refractivity contribution in [2.75, 3.05) is 11.0 Å². The highest BCUT2D eigenvalue weighted by Gasteiger charge is 2.37. The maximum absolute atomic E-state index is 12.2. The Bertz CT molecular complexity index is 683. The van der Waals surface area contributed by atoms with Gasteiger partial charge >= 0.3 is 13.1 Å². The number of rotatable bonds is 8. The molecule has 1 aliphatic rings. The van der Waals surface area contributed by atoms with Crippen LogP contribution in [-0.2, 0) is 20.7 Å². The van der Waals surface area contributed by atoms with Crippen molar-refractivity contribution in [3.63, 3.8) is 0 Å². The number of alkyl halides is 1. The molecule has 0 radical (unpaired) electrons. The smallest absolute Gasteiger partial charge is 0.534 e. The summed E-state index contributed by atoms with van der Waals surface area (Å²) < 4.78 is 11.6. The minimum atomic E-state index is -1.29. The number of hydrogen-bond acceptors (Lipinski definition) is 6. The van der Waals surface area contributed by atoms with E-state index in [4.69, 9.17) is 9.39 Å². The molecular formula is C17H21BINO6. The summed E-state index contributed by atoms with van der Waals surface area (Å²) in [6.45, 7) is 1.74. The maximum atomic E-state index is 12.2. The number of carbonyl (C=O) groups is 3. The lowest BCUT2D eigenvalue weighted by Gasteiger charge is -2.29. The maximum Gasteiger partial charge on any atom is 0.547 e. The molecule has 9 heteroatoms. The summed E-state index contributed by atoms with van der Waals surface area (Å²) in [5, 5.41) is 12.9. The molecule has 0 fully saturated rings. The van der Waals surface area contributed by atoms with Crippen LogP contribution in [0.5, 0.6) is 5.75 Å². The van der Waals surface area contributed by atoms with Gasteiger partial charge in [0.25, 0.3) is 0 Å². The van der Waals surface area contributed by atoms with Gasteiger partial charge in [-0.05, 0) is 31.4 Å². The summed E-state index contributed by atoms with van der Waals surface area (Å²) >= 11 is 2.20. The first-order valence-corrected chi connectivity index (χ1v) is 9.93. The number of ketones is 1. The monoisotopic (exact) mass is 473 g/mol. The van der Waals surface area contributed by atoms with Crippen molar-refractivity contribution in [3.05, 3.63) is 29.3 Å². The Morgan fingerprint density at radius 1 is 1.38 bits per heavy atom. The predicted molar refractivity (Wildman–Crippen MR) is 104 cm³/mol. The van der Waals surface area contributed by atoms with Crippen LogP contribution in [0.2, 0.25) is 0 Å². The van der Waals surface area contributed by atoms with E-state index in [0.717, 1.165) is 10.8 Å². The molecule has 0 unspecified atom stereocenters. The van der Waals surface area contributed by atoms with Crippen LogP contribution in [0.1, 0.15) is 42.1 Å². The molecule has 0 saturated heterocycles. The van der Waals surface area contributed by atoms with E-state index in [1.807, 2.05) is 0 Å². The van der Waals surface area contributed by atoms with Gasteiger partial charge < -0.3 is 24.5 Å². The van der Waals surface area contributed by atoms with Gasteiger partial charge in [-0.1, -0.05) is 34.7 Å². The second-order valence-electron chi connectivity index (χ2n) is 6.06. The molecule has 1 aromatic carbocycles. The number of ether oxygens (including phenoxy) is 1. The number of amides is 1. The van der Waals surface area contributed by atoms with E-state index in [2.05, 4.69) is 27.9 Å². The van der Waals surface area contributed by atoms with Crippen LogP contribution < -0.4 is 9.97 Å². The first-order chi connectivity index (χ1) is 12.4. The Labute approximate surface area is 166 Å². The highest BCUT2D eigenvalue weighted by atomic mass is 127. The van der Waals surface area contributed by atoms with Crippen LogP contribution in [0.3, 0.4) is 0 Å². The Morgan fingerprint density at radius 2 is 2.15 bits per heavy atom. The number of nitrogens with one attached hydrogen (secondary N) is 1. The molecule has 2 rings (SSSR count). The van der Waals surface area contributed by atoms with Gasteiger partial charge in [0.05, 0.1) is 12.5 Å². The van der Waals surface area contributed by atoms with E-state index in [-0.39, 0.29) is 35.8 Å². The third-order valence-electron chi connectivity index (χ3n) is 3.90. The lowest BCUT2D eigenvalue weighted by Crippen LogP contribution is -2.53. The average molecular weight is 473 g/mol. The van der Waals surface area contributed by atoms with E-state index in [1.165, 1.54) is 6.92 Å². The molecule has 1 amide bonds. The molecule has 140 valence electrons. The normalized spacial score (nSPS) is 15.7. The fourth-order valence-electron chi connectivity index (χ4n) is 2.57. The molecule has 26 heavy (non-hydrogen) atoms. The first-order valence-electron chi connectivity index (χ1n) is 8.41. The van der Waals surface area contributed by atoms with E-state index in [9.17, 15) is 19.4 Å². The zero-order valence-corrected chi connectivity index (χ0v) is 16.7. The quantitative estimate of drug-likeness (QED) is 0.195. The molecule has 1 aromatic rings. The summed E-state index contributed by atoms with van der Waals surface area (Å²) in [6, 6.07) is 5.07. The molecule has 0 aliphatic carbocycles. The number of fused-ring (bicyclic) bond motifs is 1. The number of Topliss-reactive ketones (excluding diaryl/α,β-unsaturated/α-hetero) is 1. The summed E-state index contributed by atoms with van der Waals surface area (Å²) in [4.78, 5) is 35.1. The Hall–Kier alpha value is -1.62. The summed E-state index contributed by atoms with van der Waals surface area (Å²) in [6.07, 6.45) is 1.30. The largest absolute Gasteiger partial charge is 0.547 e. The van der Waals surface area contributed by atoms with E-state index >= 15 is 0 Å². The van der Waals surface area contributed by atoms with Gasteiger partial charge in [-0.2, -0.15) is 0 Å². The number of para-hydroxylation sites is 1. The minimum Gasteiger partial charge on any atom is -0.534 e. The highest BCUT2D eigenvalue weighted by molar-refractivity contribution is 14.1. The molecule has 1 heterocycles. The summed E-state index contributed by atoms with van der Waals surface area (Å²) in [7, 11) is -1.29. The molecule has 0 bridgehead atoms. The van der Waals surface area contributed by atoms with Gasteiger partial charge in [0.2, 0.25) is 5.91 Å². The van der Waals surface area contributed by atoms with E-state index in [0.29, 0.717) is 18.6 Å². The zero-order valence-electron chi connectivity index (χ0n) is 14.5. The summed E-state index contributed by atoms with van der Waals surface area (Å²) in [5.41, 5.74) is 0.965. The molecule has 0 aromatic heterocycles. The van der Waals surface area contributed by atoms with Crippen molar-refractivity contribution in [1.29, 1.82) is 0 Å². The highest BCUT2D eigenvalue weighted by Crippen LogP contribution is 2.30. The second-order valence-corrected chi connectivity index (χ2v) is 7.14. The number of carbonyl (C=O) groups excluding carboxylic acids is 3. The van der Waals surface area contributed by atoms with Crippen LogP contribution in [0.15, 0.2) is 18.2 Å². The molecule has 1 aliphatic heterocycles. The van der Waals surface area contributed by atoms with Crippen molar-refractivity contribution in [2.45, 2.75) is 38.5 Å². The van der Waals surface area contributed by atoms with Crippen LogP contribution in [-0.4, -0.2) is 46.8 Å². The number of hydrogen-bond donors (Lipinski definition) is 2. The standard InChI is InChI=1S/C17H21BINO6/c1-11(21)6-7-15(22)20-14-10-12-4-2-5-13(16(12)26-18(14)24)17(23)25-9-3-8-19/h2,4-5,14,24H,3,6-10H2,1H3,(H,20,22)/t14-/m0/s1. The molecule has 0 spiro atoms. The SMILES string of the molecule is CC(=O)CCC(=O)N[C@H]1Cc2cccc(C(=O)OCCCI)c2OB1O. The van der Waals surface area contributed by atoms with Crippen molar-refractivity contribution in [3.8, 4) is 5.75 Å². The minimum absolute atomic E-state index is 0.0641. The third kappa shape index (κ3) is 5.70. The van der Waals surface area contributed by atoms with Crippen LogP contribution in [0, 0.1) is 0 Å².